The molecule has 0 spiro atoms. The molecule has 0 radical (unpaired) electrons. The van der Waals surface area contributed by atoms with E-state index < -0.39 is 16.1 Å². The standard InChI is InChI=1S/C18H15N3O5S/c1-20-16(22)10-15(18(20)24)27-14-7-5-12(6-8-14)19-17(23)11-3-2-4-13(9-11)21(25)26/h2-9,15H,10H2,1H3,(H,19,23). The van der Waals surface area contributed by atoms with Crippen molar-refractivity contribution in [3.8, 4) is 0 Å². The van der Waals surface area contributed by atoms with Gasteiger partial charge < -0.3 is 5.32 Å². The molecule has 2 aromatic carbocycles. The molecular weight excluding hydrogens is 370 g/mol. The summed E-state index contributed by atoms with van der Waals surface area (Å²) in [4.78, 5) is 47.9. The van der Waals surface area contributed by atoms with Crippen molar-refractivity contribution in [1.82, 2.24) is 4.90 Å². The van der Waals surface area contributed by atoms with Crippen LogP contribution in [0.25, 0.3) is 0 Å². The molecule has 3 rings (SSSR count). The highest BCUT2D eigenvalue weighted by atomic mass is 32.2. The molecule has 9 heteroatoms. The Morgan fingerprint density at radius 3 is 2.52 bits per heavy atom. The van der Waals surface area contributed by atoms with Crippen LogP contribution in [0.1, 0.15) is 16.8 Å². The van der Waals surface area contributed by atoms with Gasteiger partial charge in [0.2, 0.25) is 11.8 Å². The van der Waals surface area contributed by atoms with E-state index in [1.807, 2.05) is 0 Å². The zero-order valence-electron chi connectivity index (χ0n) is 14.2. The summed E-state index contributed by atoms with van der Waals surface area (Å²) in [7, 11) is 1.47. The number of thioether (sulfide) groups is 1. The van der Waals surface area contributed by atoms with Gasteiger partial charge in [0, 0.05) is 41.7 Å². The first-order valence-electron chi connectivity index (χ1n) is 7.98. The minimum atomic E-state index is -0.560. The van der Waals surface area contributed by atoms with Gasteiger partial charge in [-0.05, 0) is 30.3 Å². The van der Waals surface area contributed by atoms with Crippen LogP contribution < -0.4 is 5.32 Å². The van der Waals surface area contributed by atoms with Crippen LogP contribution in [0.2, 0.25) is 0 Å². The van der Waals surface area contributed by atoms with Crippen LogP contribution in [0.15, 0.2) is 53.4 Å². The zero-order chi connectivity index (χ0) is 19.6. The second kappa shape index (κ2) is 7.58. The average Bonchev–Trinajstić information content (AvgIpc) is 2.90. The van der Waals surface area contributed by atoms with Crippen molar-refractivity contribution in [2.75, 3.05) is 12.4 Å². The molecule has 138 valence electrons. The second-order valence-corrected chi connectivity index (χ2v) is 7.16. The van der Waals surface area contributed by atoms with Crippen LogP contribution in [0.4, 0.5) is 11.4 Å². The summed E-state index contributed by atoms with van der Waals surface area (Å²) >= 11 is 1.30. The van der Waals surface area contributed by atoms with E-state index in [1.54, 1.807) is 24.3 Å². The molecule has 2 aromatic rings. The van der Waals surface area contributed by atoms with Crippen molar-refractivity contribution >= 4 is 40.9 Å². The van der Waals surface area contributed by atoms with Crippen LogP contribution in [0.5, 0.6) is 0 Å². The number of nitro benzene ring substituents is 1. The first-order chi connectivity index (χ1) is 12.8. The molecule has 1 N–H and O–H groups in total. The van der Waals surface area contributed by atoms with E-state index in [0.717, 1.165) is 9.80 Å². The number of nitrogens with zero attached hydrogens (tertiary/aromatic N) is 2. The first-order valence-corrected chi connectivity index (χ1v) is 8.86. The second-order valence-electron chi connectivity index (χ2n) is 5.89. The highest BCUT2D eigenvalue weighted by Crippen LogP contribution is 2.31. The van der Waals surface area contributed by atoms with Crippen molar-refractivity contribution in [2.45, 2.75) is 16.6 Å². The van der Waals surface area contributed by atoms with Crippen molar-refractivity contribution in [2.24, 2.45) is 0 Å². The fourth-order valence-electron chi connectivity index (χ4n) is 2.56. The fraction of sp³-hybridized carbons (Fsp3) is 0.167. The van der Waals surface area contributed by atoms with E-state index in [0.29, 0.717) is 5.69 Å². The average molecular weight is 385 g/mol. The smallest absolute Gasteiger partial charge is 0.270 e. The summed E-state index contributed by atoms with van der Waals surface area (Å²) in [5.41, 5.74) is 0.540. The van der Waals surface area contributed by atoms with Gasteiger partial charge in [0.05, 0.1) is 10.2 Å². The van der Waals surface area contributed by atoms with E-state index in [9.17, 15) is 24.5 Å². The molecule has 0 saturated carbocycles. The molecule has 1 heterocycles. The number of amides is 3. The Bertz CT molecular complexity index is 929. The Balaban J connectivity index is 1.65. The maximum atomic E-state index is 12.2. The first kappa shape index (κ1) is 18.6. The maximum absolute atomic E-state index is 12.2. The third-order valence-corrected chi connectivity index (χ3v) is 5.25. The van der Waals surface area contributed by atoms with E-state index >= 15 is 0 Å². The van der Waals surface area contributed by atoms with Crippen LogP contribution in [-0.4, -0.2) is 39.8 Å². The Kier molecular flexibility index (Phi) is 5.22. The fourth-order valence-corrected chi connectivity index (χ4v) is 3.67. The lowest BCUT2D eigenvalue weighted by Gasteiger charge is -2.10. The number of nitro groups is 1. The molecule has 3 amide bonds. The summed E-state index contributed by atoms with van der Waals surface area (Å²) in [6.45, 7) is 0. The number of carbonyl (C=O) groups excluding carboxylic acids is 3. The predicted octanol–water partition coefficient (Wildman–Crippen LogP) is 2.70. The summed E-state index contributed by atoms with van der Waals surface area (Å²) in [6.07, 6.45) is 0.172. The molecule has 27 heavy (non-hydrogen) atoms. The Hall–Kier alpha value is -3.20. The Morgan fingerprint density at radius 2 is 1.93 bits per heavy atom. The highest BCUT2D eigenvalue weighted by Gasteiger charge is 2.36. The van der Waals surface area contributed by atoms with Crippen LogP contribution >= 0.6 is 11.8 Å². The van der Waals surface area contributed by atoms with E-state index in [-0.39, 0.29) is 29.5 Å². The van der Waals surface area contributed by atoms with Gasteiger partial charge in [-0.15, -0.1) is 11.8 Å². The summed E-state index contributed by atoms with van der Waals surface area (Å²) in [6, 6.07) is 12.3. The third-order valence-electron chi connectivity index (χ3n) is 4.05. The quantitative estimate of drug-likeness (QED) is 0.481. The molecule has 1 aliphatic rings. The monoisotopic (exact) mass is 385 g/mol. The molecule has 1 aliphatic heterocycles. The number of likely N-dealkylation sites (tertiary alicyclic amines) is 1. The Morgan fingerprint density at radius 1 is 1.22 bits per heavy atom. The summed E-state index contributed by atoms with van der Waals surface area (Å²) < 4.78 is 0. The van der Waals surface area contributed by atoms with Crippen molar-refractivity contribution in [3.05, 3.63) is 64.2 Å². The van der Waals surface area contributed by atoms with Gasteiger partial charge in [-0.25, -0.2) is 0 Å². The molecule has 0 bridgehead atoms. The van der Waals surface area contributed by atoms with Crippen LogP contribution in [-0.2, 0) is 9.59 Å². The molecule has 8 nitrogen and oxygen atoms in total. The predicted molar refractivity (Wildman–Crippen MR) is 99.5 cm³/mol. The molecule has 1 fully saturated rings. The number of hydrogen-bond donors (Lipinski definition) is 1. The zero-order valence-corrected chi connectivity index (χ0v) is 15.1. The minimum absolute atomic E-state index is 0.157. The van der Waals surface area contributed by atoms with Gasteiger partial charge in [-0.3, -0.25) is 29.4 Å². The molecule has 0 aromatic heterocycles. The normalized spacial score (nSPS) is 16.5. The topological polar surface area (TPSA) is 110 Å². The molecule has 1 unspecified atom stereocenters. The Labute approximate surface area is 158 Å². The summed E-state index contributed by atoms with van der Waals surface area (Å²) in [5, 5.41) is 13.0. The van der Waals surface area contributed by atoms with Gasteiger partial charge in [-0.2, -0.15) is 0 Å². The molecule has 0 aliphatic carbocycles. The third kappa shape index (κ3) is 4.14. The van der Waals surface area contributed by atoms with Crippen molar-refractivity contribution < 1.29 is 19.3 Å². The number of hydrogen-bond acceptors (Lipinski definition) is 6. The SMILES string of the molecule is CN1C(=O)CC(Sc2ccc(NC(=O)c3cccc([N+](=O)[O-])c3)cc2)C1=O. The lowest BCUT2D eigenvalue weighted by atomic mass is 10.2. The molecule has 1 saturated heterocycles. The van der Waals surface area contributed by atoms with Crippen molar-refractivity contribution in [3.63, 3.8) is 0 Å². The van der Waals surface area contributed by atoms with Gasteiger partial charge >= 0.3 is 0 Å². The number of rotatable bonds is 5. The number of nitrogens with one attached hydrogen (secondary N) is 1. The number of non-ortho nitro benzene ring substituents is 1. The van der Waals surface area contributed by atoms with E-state index in [1.165, 1.54) is 43.1 Å². The summed E-state index contributed by atoms with van der Waals surface area (Å²) in [5.74, 6) is -0.872. The lowest BCUT2D eigenvalue weighted by molar-refractivity contribution is -0.384. The van der Waals surface area contributed by atoms with Gasteiger partial charge in [0.25, 0.3) is 11.6 Å². The van der Waals surface area contributed by atoms with Crippen molar-refractivity contribution in [1.29, 1.82) is 0 Å². The largest absolute Gasteiger partial charge is 0.322 e. The maximum Gasteiger partial charge on any atom is 0.270 e. The number of benzene rings is 2. The number of carbonyl (C=O) groups is 3. The van der Waals surface area contributed by atoms with E-state index in [2.05, 4.69) is 5.32 Å². The number of anilines is 1. The van der Waals surface area contributed by atoms with Crippen LogP contribution in [0, 0.1) is 10.1 Å². The highest BCUT2D eigenvalue weighted by molar-refractivity contribution is 8.00. The molecule has 1 atom stereocenters. The minimum Gasteiger partial charge on any atom is -0.322 e. The lowest BCUT2D eigenvalue weighted by Crippen LogP contribution is -2.26. The van der Waals surface area contributed by atoms with Gasteiger partial charge in [0.1, 0.15) is 0 Å². The van der Waals surface area contributed by atoms with Gasteiger partial charge in [-0.1, -0.05) is 6.07 Å². The van der Waals surface area contributed by atoms with E-state index in [4.69, 9.17) is 0 Å². The van der Waals surface area contributed by atoms with Gasteiger partial charge in [0.15, 0.2) is 0 Å². The molecular formula is C18H15N3O5S. The number of imide groups is 1. The van der Waals surface area contributed by atoms with Crippen LogP contribution in [0.3, 0.4) is 0 Å².